The van der Waals surface area contributed by atoms with Crippen LogP contribution in [0.4, 0.5) is 0 Å². The summed E-state index contributed by atoms with van der Waals surface area (Å²) in [5.41, 5.74) is 2.26. The number of nitrogens with one attached hydrogen (secondary N) is 2. The second kappa shape index (κ2) is 7.76. The number of thioether (sulfide) groups is 1. The third-order valence-electron chi connectivity index (χ3n) is 3.61. The van der Waals surface area contributed by atoms with Crippen molar-refractivity contribution in [3.05, 3.63) is 47.1 Å². The fraction of sp³-hybridized carbons (Fsp3) is 0.235. The van der Waals surface area contributed by atoms with Crippen LogP contribution >= 0.6 is 23.4 Å². The lowest BCUT2D eigenvalue weighted by atomic mass is 10.1. The molecule has 130 valence electrons. The van der Waals surface area contributed by atoms with E-state index in [1.54, 1.807) is 19.4 Å². The quantitative estimate of drug-likeness (QED) is 0.642. The van der Waals surface area contributed by atoms with Crippen LogP contribution in [-0.2, 0) is 4.79 Å². The molecule has 1 aromatic carbocycles. The maximum Gasteiger partial charge on any atom is 0.230 e. The Bertz CT molecular complexity index is 899. The normalized spacial score (nSPS) is 12.1. The molecule has 1 amide bonds. The number of ether oxygens (including phenoxy) is 1. The van der Waals surface area contributed by atoms with Crippen molar-refractivity contribution < 1.29 is 9.53 Å². The molecule has 0 unspecified atom stereocenters. The first-order valence-electron chi connectivity index (χ1n) is 7.63. The van der Waals surface area contributed by atoms with Gasteiger partial charge in [0.1, 0.15) is 5.75 Å². The number of H-pyrrole nitrogens is 1. The predicted octanol–water partition coefficient (Wildman–Crippen LogP) is 3.59. The van der Waals surface area contributed by atoms with E-state index in [0.29, 0.717) is 15.8 Å². The van der Waals surface area contributed by atoms with E-state index in [2.05, 4.69) is 20.3 Å². The highest BCUT2D eigenvalue weighted by atomic mass is 35.5. The van der Waals surface area contributed by atoms with Crippen LogP contribution in [0.5, 0.6) is 5.75 Å². The van der Waals surface area contributed by atoms with Crippen molar-refractivity contribution >= 4 is 40.4 Å². The molecular formula is C17H17ClN4O2S. The van der Waals surface area contributed by atoms with Crippen LogP contribution in [0.2, 0.25) is 5.02 Å². The van der Waals surface area contributed by atoms with Crippen molar-refractivity contribution in [3.8, 4) is 5.75 Å². The lowest BCUT2D eigenvalue weighted by Gasteiger charge is -2.16. The number of aromatic amines is 1. The van der Waals surface area contributed by atoms with Gasteiger partial charge in [-0.05, 0) is 19.1 Å². The topological polar surface area (TPSA) is 79.9 Å². The monoisotopic (exact) mass is 376 g/mol. The van der Waals surface area contributed by atoms with Crippen LogP contribution in [0.25, 0.3) is 11.2 Å². The van der Waals surface area contributed by atoms with Gasteiger partial charge in [0.05, 0.1) is 29.4 Å². The van der Waals surface area contributed by atoms with Gasteiger partial charge in [-0.25, -0.2) is 9.97 Å². The number of methoxy groups -OCH3 is 1. The number of para-hydroxylation sites is 1. The number of carbonyl (C=O) groups is 1. The number of hydrogen-bond acceptors (Lipinski definition) is 5. The van der Waals surface area contributed by atoms with Gasteiger partial charge in [0.25, 0.3) is 0 Å². The zero-order valence-corrected chi connectivity index (χ0v) is 15.3. The molecule has 2 N–H and O–H groups in total. The molecule has 0 aliphatic carbocycles. The van der Waals surface area contributed by atoms with E-state index < -0.39 is 0 Å². The molecule has 2 heterocycles. The van der Waals surface area contributed by atoms with E-state index in [1.165, 1.54) is 11.8 Å². The Morgan fingerprint density at radius 2 is 2.24 bits per heavy atom. The van der Waals surface area contributed by atoms with Crippen molar-refractivity contribution in [2.24, 2.45) is 0 Å². The number of pyridine rings is 1. The van der Waals surface area contributed by atoms with Gasteiger partial charge in [-0.2, -0.15) is 0 Å². The van der Waals surface area contributed by atoms with Gasteiger partial charge in [-0.3, -0.25) is 4.79 Å². The van der Waals surface area contributed by atoms with Gasteiger partial charge < -0.3 is 15.0 Å². The van der Waals surface area contributed by atoms with Crippen molar-refractivity contribution in [1.29, 1.82) is 0 Å². The maximum absolute atomic E-state index is 12.2. The summed E-state index contributed by atoms with van der Waals surface area (Å²) in [6.45, 7) is 1.92. The summed E-state index contributed by atoms with van der Waals surface area (Å²) < 4.78 is 5.33. The van der Waals surface area contributed by atoms with Crippen molar-refractivity contribution in [3.63, 3.8) is 0 Å². The Hall–Kier alpha value is -2.25. The van der Waals surface area contributed by atoms with E-state index in [4.69, 9.17) is 16.3 Å². The Kier molecular flexibility index (Phi) is 5.45. The van der Waals surface area contributed by atoms with Crippen molar-refractivity contribution in [2.75, 3.05) is 12.9 Å². The largest absolute Gasteiger partial charge is 0.496 e. The average Bonchev–Trinajstić information content (AvgIpc) is 3.01. The highest BCUT2D eigenvalue weighted by molar-refractivity contribution is 7.99. The highest BCUT2D eigenvalue weighted by Crippen LogP contribution is 2.25. The summed E-state index contributed by atoms with van der Waals surface area (Å²) in [5.74, 6) is 0.908. The van der Waals surface area contributed by atoms with E-state index in [1.807, 2.05) is 31.2 Å². The van der Waals surface area contributed by atoms with Crippen LogP contribution < -0.4 is 10.1 Å². The summed E-state index contributed by atoms with van der Waals surface area (Å²) >= 11 is 7.22. The molecule has 0 aliphatic rings. The SMILES string of the molecule is COc1ccccc1[C@@H](C)NC(=O)CSc1nc2ncc(Cl)cc2[nH]1. The van der Waals surface area contributed by atoms with Crippen LogP contribution in [0, 0.1) is 0 Å². The molecule has 3 rings (SSSR count). The lowest BCUT2D eigenvalue weighted by Crippen LogP contribution is -2.28. The number of aromatic nitrogens is 3. The van der Waals surface area contributed by atoms with Crippen LogP contribution in [-0.4, -0.2) is 33.7 Å². The maximum atomic E-state index is 12.2. The Morgan fingerprint density at radius 3 is 3.04 bits per heavy atom. The first-order valence-corrected chi connectivity index (χ1v) is 8.99. The first kappa shape index (κ1) is 17.6. The molecule has 2 aromatic heterocycles. The van der Waals surface area contributed by atoms with E-state index in [0.717, 1.165) is 16.8 Å². The van der Waals surface area contributed by atoms with Gasteiger partial charge in [0.2, 0.25) is 5.91 Å². The Morgan fingerprint density at radius 1 is 1.44 bits per heavy atom. The third kappa shape index (κ3) is 4.24. The summed E-state index contributed by atoms with van der Waals surface area (Å²) in [7, 11) is 1.62. The molecule has 0 saturated heterocycles. The van der Waals surface area contributed by atoms with Gasteiger partial charge in [0.15, 0.2) is 10.8 Å². The molecule has 0 saturated carbocycles. The molecule has 1 atom stereocenters. The molecule has 0 spiro atoms. The minimum absolute atomic E-state index is 0.0881. The summed E-state index contributed by atoms with van der Waals surface area (Å²) in [5, 5.41) is 4.13. The minimum atomic E-state index is -0.152. The second-order valence-corrected chi connectivity index (χ2v) is 6.79. The van der Waals surface area contributed by atoms with Crippen LogP contribution in [0.3, 0.4) is 0 Å². The standard InChI is InChI=1S/C17H17ClN4O2S/c1-10(12-5-3-4-6-14(12)24-2)20-15(23)9-25-17-21-13-7-11(18)8-19-16(13)22-17/h3-8,10H,9H2,1-2H3,(H,20,23)(H,19,21,22)/t10-/m1/s1. The third-order valence-corrected chi connectivity index (χ3v) is 4.69. The van der Waals surface area contributed by atoms with E-state index >= 15 is 0 Å². The number of hydrogen-bond donors (Lipinski definition) is 2. The average molecular weight is 377 g/mol. The number of halogens is 1. The highest BCUT2D eigenvalue weighted by Gasteiger charge is 2.14. The van der Waals surface area contributed by atoms with Gasteiger partial charge in [-0.1, -0.05) is 41.6 Å². The minimum Gasteiger partial charge on any atom is -0.496 e. The second-order valence-electron chi connectivity index (χ2n) is 5.39. The molecule has 0 radical (unpaired) electrons. The number of rotatable bonds is 6. The molecule has 0 fully saturated rings. The Balaban J connectivity index is 1.60. The molecular weight excluding hydrogens is 360 g/mol. The smallest absolute Gasteiger partial charge is 0.230 e. The summed E-state index contributed by atoms with van der Waals surface area (Å²) in [6, 6.07) is 9.23. The Labute approximate surface area is 154 Å². The number of amides is 1. The van der Waals surface area contributed by atoms with Crippen LogP contribution in [0.1, 0.15) is 18.5 Å². The zero-order chi connectivity index (χ0) is 17.8. The van der Waals surface area contributed by atoms with E-state index in [-0.39, 0.29) is 17.7 Å². The van der Waals surface area contributed by atoms with Crippen LogP contribution in [0.15, 0.2) is 41.7 Å². The number of benzene rings is 1. The zero-order valence-electron chi connectivity index (χ0n) is 13.7. The predicted molar refractivity (Wildman–Crippen MR) is 99.2 cm³/mol. The number of imidazole rings is 1. The fourth-order valence-corrected chi connectivity index (χ4v) is 3.28. The summed E-state index contributed by atoms with van der Waals surface area (Å²) in [4.78, 5) is 23.8. The van der Waals surface area contributed by atoms with Gasteiger partial charge in [0, 0.05) is 11.8 Å². The molecule has 0 bridgehead atoms. The fourth-order valence-electron chi connectivity index (χ4n) is 2.44. The number of nitrogens with zero attached hydrogens (tertiary/aromatic N) is 2. The van der Waals surface area contributed by atoms with Gasteiger partial charge >= 0.3 is 0 Å². The van der Waals surface area contributed by atoms with E-state index in [9.17, 15) is 4.79 Å². The lowest BCUT2D eigenvalue weighted by molar-refractivity contribution is -0.119. The first-order chi connectivity index (χ1) is 12.1. The van der Waals surface area contributed by atoms with Gasteiger partial charge in [-0.15, -0.1) is 0 Å². The van der Waals surface area contributed by atoms with Crippen molar-refractivity contribution in [2.45, 2.75) is 18.1 Å². The number of fused-ring (bicyclic) bond motifs is 1. The van der Waals surface area contributed by atoms with Crippen molar-refractivity contribution in [1.82, 2.24) is 20.3 Å². The molecule has 0 aliphatic heterocycles. The molecule has 3 aromatic rings. The number of carbonyl (C=O) groups excluding carboxylic acids is 1. The molecule has 25 heavy (non-hydrogen) atoms. The molecule has 8 heteroatoms. The summed E-state index contributed by atoms with van der Waals surface area (Å²) in [6.07, 6.45) is 1.54. The molecule has 6 nitrogen and oxygen atoms in total.